The van der Waals surface area contributed by atoms with Crippen molar-refractivity contribution in [2.75, 3.05) is 19.7 Å². The van der Waals surface area contributed by atoms with Gasteiger partial charge in [0.2, 0.25) is 0 Å². The number of aliphatic hydroxyl groups is 1. The van der Waals surface area contributed by atoms with Crippen LogP contribution >= 0.6 is 0 Å². The second kappa shape index (κ2) is 7.02. The van der Waals surface area contributed by atoms with E-state index >= 15 is 0 Å². The molecule has 1 aliphatic heterocycles. The average Bonchev–Trinajstić information content (AvgIpc) is 3.22. The standard InChI is InChI=1S/C10H15N3O.C6H6O3S/c14-2-1-13-10-3-7-4-11-5-8(7)9(10)6-12-13;7-10(8,9)6-4-2-1-3-5-6/h6-8,11,14H,1-5H2;1-5H,(H,7,8,9). The molecule has 0 saturated carbocycles. The first kappa shape index (κ1) is 17.1. The van der Waals surface area contributed by atoms with Gasteiger partial charge in [-0.1, -0.05) is 18.2 Å². The Balaban J connectivity index is 0.000000150. The Morgan fingerprint density at radius 1 is 1.25 bits per heavy atom. The number of aliphatic hydroxyl groups excluding tert-OH is 1. The summed E-state index contributed by atoms with van der Waals surface area (Å²) in [5, 5.41) is 16.6. The van der Waals surface area contributed by atoms with E-state index in [9.17, 15) is 8.42 Å². The van der Waals surface area contributed by atoms with Gasteiger partial charge in [-0.2, -0.15) is 13.5 Å². The van der Waals surface area contributed by atoms with Crippen LogP contribution in [0.15, 0.2) is 41.4 Å². The first-order valence-electron chi connectivity index (χ1n) is 7.89. The Morgan fingerprint density at radius 2 is 2.00 bits per heavy atom. The van der Waals surface area contributed by atoms with Crippen molar-refractivity contribution in [1.82, 2.24) is 15.1 Å². The van der Waals surface area contributed by atoms with Crippen molar-refractivity contribution in [3.8, 4) is 0 Å². The van der Waals surface area contributed by atoms with Crippen LogP contribution in [0.2, 0.25) is 0 Å². The number of benzene rings is 1. The van der Waals surface area contributed by atoms with Crippen molar-refractivity contribution in [3.63, 3.8) is 0 Å². The summed E-state index contributed by atoms with van der Waals surface area (Å²) in [5.74, 6) is 1.45. The molecule has 7 nitrogen and oxygen atoms in total. The van der Waals surface area contributed by atoms with E-state index < -0.39 is 10.1 Å². The molecule has 3 N–H and O–H groups in total. The molecule has 24 heavy (non-hydrogen) atoms. The SMILES string of the molecule is O=S(=O)(O)c1ccccc1.OCCn1ncc2c1CC1CNCC21. The van der Waals surface area contributed by atoms with Gasteiger partial charge in [0.05, 0.1) is 24.2 Å². The Labute approximate surface area is 141 Å². The molecular formula is C16H21N3O4S. The summed E-state index contributed by atoms with van der Waals surface area (Å²) in [6.07, 6.45) is 3.12. The number of nitrogens with one attached hydrogen (secondary N) is 1. The van der Waals surface area contributed by atoms with E-state index in [4.69, 9.17) is 9.66 Å². The van der Waals surface area contributed by atoms with Crippen LogP contribution in [0.3, 0.4) is 0 Å². The maximum Gasteiger partial charge on any atom is 0.294 e. The molecule has 130 valence electrons. The van der Waals surface area contributed by atoms with Crippen molar-refractivity contribution in [3.05, 3.63) is 47.8 Å². The molecule has 4 rings (SSSR count). The molecule has 8 heteroatoms. The molecule has 2 heterocycles. The zero-order valence-corrected chi connectivity index (χ0v) is 14.0. The zero-order valence-electron chi connectivity index (χ0n) is 13.2. The van der Waals surface area contributed by atoms with E-state index in [-0.39, 0.29) is 11.5 Å². The number of aromatic nitrogens is 2. The van der Waals surface area contributed by atoms with Crippen LogP contribution in [0.1, 0.15) is 17.2 Å². The van der Waals surface area contributed by atoms with Crippen molar-refractivity contribution in [1.29, 1.82) is 0 Å². The summed E-state index contributed by atoms with van der Waals surface area (Å²) in [4.78, 5) is -0.0741. The number of nitrogens with zero attached hydrogens (tertiary/aromatic N) is 2. The van der Waals surface area contributed by atoms with E-state index in [0.717, 1.165) is 25.4 Å². The molecule has 1 aromatic carbocycles. The molecule has 1 saturated heterocycles. The normalized spacial score (nSPS) is 21.8. The minimum absolute atomic E-state index is 0.0741. The molecule has 2 atom stereocenters. The van der Waals surface area contributed by atoms with Gasteiger partial charge in [0.15, 0.2) is 0 Å². The van der Waals surface area contributed by atoms with Gasteiger partial charge < -0.3 is 10.4 Å². The minimum Gasteiger partial charge on any atom is -0.394 e. The maximum atomic E-state index is 10.4. The molecule has 2 aliphatic rings. The third-order valence-corrected chi connectivity index (χ3v) is 5.40. The van der Waals surface area contributed by atoms with Crippen molar-refractivity contribution in [2.24, 2.45) is 5.92 Å². The summed E-state index contributed by atoms with van der Waals surface area (Å²) in [7, 11) is -4.00. The topological polar surface area (TPSA) is 104 Å². The van der Waals surface area contributed by atoms with Gasteiger partial charge in [-0.05, 0) is 36.6 Å². The van der Waals surface area contributed by atoms with E-state index in [2.05, 4.69) is 10.4 Å². The molecule has 0 radical (unpaired) electrons. The number of hydrogen-bond donors (Lipinski definition) is 3. The van der Waals surface area contributed by atoms with Gasteiger partial charge in [0, 0.05) is 18.2 Å². The summed E-state index contributed by atoms with van der Waals surface area (Å²) in [6.45, 7) is 3.06. The van der Waals surface area contributed by atoms with Crippen LogP contribution in [-0.2, 0) is 23.1 Å². The summed E-state index contributed by atoms with van der Waals surface area (Å²) < 4.78 is 31.2. The van der Waals surface area contributed by atoms with Crippen LogP contribution in [-0.4, -0.2) is 47.6 Å². The highest BCUT2D eigenvalue weighted by Gasteiger charge is 2.38. The lowest BCUT2D eigenvalue weighted by Gasteiger charge is -2.06. The van der Waals surface area contributed by atoms with Gasteiger partial charge in [-0.25, -0.2) is 0 Å². The van der Waals surface area contributed by atoms with E-state index in [1.54, 1.807) is 18.2 Å². The largest absolute Gasteiger partial charge is 0.394 e. The number of hydrogen-bond acceptors (Lipinski definition) is 5. The monoisotopic (exact) mass is 351 g/mol. The van der Waals surface area contributed by atoms with Crippen LogP contribution in [0.5, 0.6) is 0 Å². The molecular weight excluding hydrogens is 330 g/mol. The molecule has 2 unspecified atom stereocenters. The van der Waals surface area contributed by atoms with Crippen molar-refractivity contribution >= 4 is 10.1 Å². The second-order valence-electron chi connectivity index (χ2n) is 6.01. The Kier molecular flexibility index (Phi) is 5.00. The van der Waals surface area contributed by atoms with Gasteiger partial charge in [0.1, 0.15) is 0 Å². The van der Waals surface area contributed by atoms with E-state index in [0.29, 0.717) is 12.5 Å². The molecule has 0 bridgehead atoms. The van der Waals surface area contributed by atoms with Crippen LogP contribution in [0, 0.1) is 5.92 Å². The second-order valence-corrected chi connectivity index (χ2v) is 7.43. The highest BCUT2D eigenvalue weighted by atomic mass is 32.2. The first-order valence-corrected chi connectivity index (χ1v) is 9.33. The highest BCUT2D eigenvalue weighted by molar-refractivity contribution is 7.85. The fourth-order valence-electron chi connectivity index (χ4n) is 3.40. The van der Waals surface area contributed by atoms with Gasteiger partial charge >= 0.3 is 0 Å². The lowest BCUT2D eigenvalue weighted by Crippen LogP contribution is -2.13. The summed E-state index contributed by atoms with van der Waals surface area (Å²) >= 11 is 0. The quantitative estimate of drug-likeness (QED) is 0.702. The summed E-state index contributed by atoms with van der Waals surface area (Å²) in [5.41, 5.74) is 2.77. The van der Waals surface area contributed by atoms with Gasteiger partial charge in [-0.15, -0.1) is 0 Å². The first-order chi connectivity index (χ1) is 11.5. The molecule has 0 amide bonds. The van der Waals surface area contributed by atoms with Crippen molar-refractivity contribution in [2.45, 2.75) is 23.8 Å². The smallest absolute Gasteiger partial charge is 0.294 e. The number of fused-ring (bicyclic) bond motifs is 3. The van der Waals surface area contributed by atoms with E-state index in [1.165, 1.54) is 23.4 Å². The fourth-order valence-corrected chi connectivity index (χ4v) is 3.90. The molecule has 1 aromatic heterocycles. The maximum absolute atomic E-state index is 10.4. The molecule has 0 spiro atoms. The van der Waals surface area contributed by atoms with Crippen LogP contribution in [0.25, 0.3) is 0 Å². The van der Waals surface area contributed by atoms with E-state index in [1.807, 2.05) is 10.9 Å². The summed E-state index contributed by atoms with van der Waals surface area (Å²) in [6, 6.07) is 7.42. The average molecular weight is 351 g/mol. The van der Waals surface area contributed by atoms with Crippen LogP contribution in [0.4, 0.5) is 0 Å². The predicted molar refractivity (Wildman–Crippen MR) is 88.4 cm³/mol. The molecule has 2 aromatic rings. The zero-order chi connectivity index (χ0) is 17.2. The van der Waals surface area contributed by atoms with Crippen LogP contribution < -0.4 is 5.32 Å². The molecule has 1 aliphatic carbocycles. The Morgan fingerprint density at radius 3 is 2.62 bits per heavy atom. The predicted octanol–water partition coefficient (Wildman–Crippen LogP) is 0.668. The fraction of sp³-hybridized carbons (Fsp3) is 0.438. The number of rotatable bonds is 3. The highest BCUT2D eigenvalue weighted by Crippen LogP contribution is 2.39. The van der Waals surface area contributed by atoms with Gasteiger partial charge in [0.25, 0.3) is 10.1 Å². The van der Waals surface area contributed by atoms with Crippen molar-refractivity contribution < 1.29 is 18.1 Å². The molecule has 1 fully saturated rings. The van der Waals surface area contributed by atoms with Gasteiger partial charge in [-0.3, -0.25) is 9.23 Å². The lowest BCUT2D eigenvalue weighted by atomic mass is 9.98. The third kappa shape index (κ3) is 3.51. The third-order valence-electron chi connectivity index (χ3n) is 4.53. The minimum atomic E-state index is -4.00. The Hall–Kier alpha value is -1.74. The lowest BCUT2D eigenvalue weighted by molar-refractivity contribution is 0.267. The Bertz CT molecular complexity index is 789.